The minimum Gasteiger partial charge on any atom is -0.396 e. The molecule has 1 unspecified atom stereocenters. The molecule has 174 valence electrons. The number of aromatic amines is 1. The van der Waals surface area contributed by atoms with Crippen molar-refractivity contribution in [2.75, 3.05) is 20.2 Å². The number of likely N-dealkylation sites (N-methyl/N-ethyl adjacent to an activating group) is 1. The van der Waals surface area contributed by atoms with Crippen LogP contribution >= 0.6 is 0 Å². The van der Waals surface area contributed by atoms with Crippen LogP contribution in [0.1, 0.15) is 40.2 Å². The number of hydrogen-bond acceptors (Lipinski definition) is 3. The van der Waals surface area contributed by atoms with E-state index in [0.29, 0.717) is 31.4 Å². The Morgan fingerprint density at radius 3 is 2.70 bits per heavy atom. The number of likely N-dealkylation sites (tertiary alicyclic amines) is 1. The number of fused-ring (bicyclic) bond motifs is 1. The van der Waals surface area contributed by atoms with Crippen LogP contribution in [0.4, 0.5) is 13.2 Å². The largest absolute Gasteiger partial charge is 0.416 e. The number of H-pyrrole nitrogens is 1. The van der Waals surface area contributed by atoms with E-state index in [0.717, 1.165) is 23.2 Å². The van der Waals surface area contributed by atoms with Gasteiger partial charge in [-0.25, -0.2) is 0 Å². The number of imidazole rings is 1. The van der Waals surface area contributed by atoms with E-state index in [1.54, 1.807) is 16.5 Å². The quantitative estimate of drug-likeness (QED) is 0.613. The van der Waals surface area contributed by atoms with E-state index in [1.807, 2.05) is 18.2 Å². The lowest BCUT2D eigenvalue weighted by Crippen LogP contribution is -2.21. The van der Waals surface area contributed by atoms with E-state index in [1.165, 1.54) is 12.1 Å². The SMILES string of the molecule is CN1CC(c2ccc3c(c2)[nH]/c(=N\C(=O)c2cccc(C(F)(F)F)c2)n3CCCO)CC1=O. The Labute approximate surface area is 187 Å². The minimum absolute atomic E-state index is 0.0493. The van der Waals surface area contributed by atoms with Crippen molar-refractivity contribution in [3.8, 4) is 0 Å². The van der Waals surface area contributed by atoms with E-state index < -0.39 is 17.6 Å². The molecule has 1 atom stereocenters. The first-order valence-corrected chi connectivity index (χ1v) is 10.5. The van der Waals surface area contributed by atoms with Gasteiger partial charge in [-0.2, -0.15) is 18.2 Å². The van der Waals surface area contributed by atoms with Crippen LogP contribution in [0, 0.1) is 0 Å². The molecule has 7 nitrogen and oxygen atoms in total. The summed E-state index contributed by atoms with van der Waals surface area (Å²) in [5.74, 6) is -0.686. The minimum atomic E-state index is -4.56. The molecule has 1 saturated heterocycles. The lowest BCUT2D eigenvalue weighted by Gasteiger charge is -2.11. The molecule has 0 bridgehead atoms. The third-order valence-electron chi connectivity index (χ3n) is 5.81. The summed E-state index contributed by atoms with van der Waals surface area (Å²) in [5.41, 5.74) is 1.46. The number of aryl methyl sites for hydroxylation is 1. The number of carbonyl (C=O) groups is 2. The van der Waals surface area contributed by atoms with Gasteiger partial charge in [0, 0.05) is 44.6 Å². The van der Waals surface area contributed by atoms with Gasteiger partial charge in [-0.3, -0.25) is 9.59 Å². The second-order valence-electron chi connectivity index (χ2n) is 8.12. The Balaban J connectivity index is 1.75. The molecular weight excluding hydrogens is 437 g/mol. The Bertz CT molecular complexity index is 1280. The van der Waals surface area contributed by atoms with E-state index >= 15 is 0 Å². The van der Waals surface area contributed by atoms with Crippen molar-refractivity contribution in [1.29, 1.82) is 0 Å². The first-order valence-electron chi connectivity index (χ1n) is 10.5. The van der Waals surface area contributed by atoms with Gasteiger partial charge >= 0.3 is 6.18 Å². The smallest absolute Gasteiger partial charge is 0.396 e. The normalized spacial score (nSPS) is 17.4. The first kappa shape index (κ1) is 22.8. The maximum atomic E-state index is 13.0. The summed E-state index contributed by atoms with van der Waals surface area (Å²) < 4.78 is 40.8. The summed E-state index contributed by atoms with van der Waals surface area (Å²) in [6.07, 6.45) is -3.75. The lowest BCUT2D eigenvalue weighted by atomic mass is 9.98. The summed E-state index contributed by atoms with van der Waals surface area (Å²) in [4.78, 5) is 33.4. The zero-order chi connectivity index (χ0) is 23.8. The van der Waals surface area contributed by atoms with Gasteiger partial charge in [0.15, 0.2) is 0 Å². The fourth-order valence-electron chi connectivity index (χ4n) is 4.06. The van der Waals surface area contributed by atoms with Crippen LogP contribution in [0.15, 0.2) is 47.5 Å². The highest BCUT2D eigenvalue weighted by Gasteiger charge is 2.31. The number of hydrogen-bond donors (Lipinski definition) is 2. The van der Waals surface area contributed by atoms with Crippen molar-refractivity contribution in [3.63, 3.8) is 0 Å². The number of aliphatic hydroxyl groups is 1. The van der Waals surface area contributed by atoms with Crippen molar-refractivity contribution >= 4 is 22.8 Å². The highest BCUT2D eigenvalue weighted by atomic mass is 19.4. The van der Waals surface area contributed by atoms with Crippen LogP contribution in [0.25, 0.3) is 11.0 Å². The fraction of sp³-hybridized carbons (Fsp3) is 0.348. The van der Waals surface area contributed by atoms with E-state index in [2.05, 4.69) is 9.98 Å². The summed E-state index contributed by atoms with van der Waals surface area (Å²) in [5, 5.41) is 9.27. The number of aromatic nitrogens is 2. The number of amides is 2. The molecular formula is C23H23F3N4O3. The van der Waals surface area contributed by atoms with Crippen molar-refractivity contribution in [3.05, 3.63) is 64.8 Å². The number of nitrogens with one attached hydrogen (secondary N) is 1. The van der Waals surface area contributed by atoms with Crippen LogP contribution in [-0.4, -0.2) is 51.6 Å². The Hall–Kier alpha value is -3.40. The van der Waals surface area contributed by atoms with Gasteiger partial charge in [-0.1, -0.05) is 12.1 Å². The lowest BCUT2D eigenvalue weighted by molar-refractivity contribution is -0.137. The highest BCUT2D eigenvalue weighted by molar-refractivity contribution is 5.95. The molecule has 0 aliphatic carbocycles. The number of alkyl halides is 3. The van der Waals surface area contributed by atoms with Crippen molar-refractivity contribution < 1.29 is 27.9 Å². The number of nitrogens with zero attached hydrogens (tertiary/aromatic N) is 3. The number of aliphatic hydroxyl groups excluding tert-OH is 1. The molecule has 0 radical (unpaired) electrons. The second kappa shape index (κ2) is 8.86. The van der Waals surface area contributed by atoms with Gasteiger partial charge in [0.05, 0.1) is 16.6 Å². The van der Waals surface area contributed by atoms with Crippen molar-refractivity contribution in [2.24, 2.45) is 4.99 Å². The third-order valence-corrected chi connectivity index (χ3v) is 5.81. The van der Waals surface area contributed by atoms with Gasteiger partial charge < -0.3 is 19.6 Å². The summed E-state index contributed by atoms with van der Waals surface area (Å²) in [6.45, 7) is 0.894. The Kier molecular flexibility index (Phi) is 6.11. The van der Waals surface area contributed by atoms with Crippen LogP contribution < -0.4 is 5.62 Å². The molecule has 3 aromatic rings. The molecule has 33 heavy (non-hydrogen) atoms. The van der Waals surface area contributed by atoms with E-state index in [-0.39, 0.29) is 29.6 Å². The molecule has 1 aliphatic rings. The van der Waals surface area contributed by atoms with Gasteiger partial charge in [0.25, 0.3) is 5.91 Å². The average Bonchev–Trinajstić information content (AvgIpc) is 3.30. The van der Waals surface area contributed by atoms with Crippen LogP contribution in [-0.2, 0) is 17.5 Å². The zero-order valence-corrected chi connectivity index (χ0v) is 17.9. The maximum Gasteiger partial charge on any atom is 0.416 e. The second-order valence-corrected chi connectivity index (χ2v) is 8.12. The molecule has 1 aromatic heterocycles. The molecule has 4 rings (SSSR count). The standard InChI is InChI=1S/C23H23F3N4O3/c1-29-13-16(12-20(29)32)14-6-7-19-18(11-14)27-22(30(19)8-3-9-31)28-21(33)15-4-2-5-17(10-15)23(24,25)26/h2,4-7,10-11,16,31H,3,8-9,12-13H2,1H3,(H,27,28,33). The number of carbonyl (C=O) groups excluding carboxylic acids is 2. The molecule has 1 aliphatic heterocycles. The Morgan fingerprint density at radius 1 is 1.24 bits per heavy atom. The molecule has 1 fully saturated rings. The van der Waals surface area contributed by atoms with Crippen LogP contribution in [0.2, 0.25) is 0 Å². The predicted octanol–water partition coefficient (Wildman–Crippen LogP) is 3.06. The van der Waals surface area contributed by atoms with Crippen molar-refractivity contribution in [2.45, 2.75) is 31.5 Å². The van der Waals surface area contributed by atoms with Crippen LogP contribution in [0.3, 0.4) is 0 Å². The maximum absolute atomic E-state index is 13.0. The summed E-state index contributed by atoms with van der Waals surface area (Å²) in [7, 11) is 1.76. The molecule has 0 spiro atoms. The zero-order valence-electron chi connectivity index (χ0n) is 17.9. The molecule has 2 aromatic carbocycles. The molecule has 2 heterocycles. The summed E-state index contributed by atoms with van der Waals surface area (Å²) in [6, 6.07) is 9.80. The van der Waals surface area contributed by atoms with Gasteiger partial charge in [-0.05, 0) is 42.3 Å². The predicted molar refractivity (Wildman–Crippen MR) is 114 cm³/mol. The number of benzene rings is 2. The Morgan fingerprint density at radius 2 is 2.03 bits per heavy atom. The van der Waals surface area contributed by atoms with Gasteiger partial charge in [0.1, 0.15) is 0 Å². The molecule has 0 saturated carbocycles. The highest BCUT2D eigenvalue weighted by Crippen LogP contribution is 2.30. The average molecular weight is 460 g/mol. The van der Waals surface area contributed by atoms with Crippen molar-refractivity contribution in [1.82, 2.24) is 14.5 Å². The number of rotatable bonds is 5. The molecule has 2 N–H and O–H groups in total. The first-order chi connectivity index (χ1) is 15.7. The van der Waals surface area contributed by atoms with E-state index in [9.17, 15) is 27.9 Å². The van der Waals surface area contributed by atoms with Crippen LogP contribution in [0.5, 0.6) is 0 Å². The fourth-order valence-corrected chi connectivity index (χ4v) is 4.06. The number of halogens is 3. The van der Waals surface area contributed by atoms with E-state index in [4.69, 9.17) is 0 Å². The van der Waals surface area contributed by atoms with Gasteiger partial charge in [-0.15, -0.1) is 0 Å². The topological polar surface area (TPSA) is 90.7 Å². The monoisotopic (exact) mass is 460 g/mol. The van der Waals surface area contributed by atoms with Gasteiger partial charge in [0.2, 0.25) is 11.5 Å². The summed E-state index contributed by atoms with van der Waals surface area (Å²) >= 11 is 0. The molecule has 2 amide bonds. The third kappa shape index (κ3) is 4.70. The molecule has 10 heteroatoms.